The number of hydrogen-bond donors (Lipinski definition) is 3. The third kappa shape index (κ3) is 14.2. The molecule has 2 rings (SSSR count). The minimum atomic E-state index is -1.17. The third-order valence-electron chi connectivity index (χ3n) is 9.55. The molecule has 0 aromatic heterocycles. The molecule has 14 heteroatoms. The number of rotatable bonds is 6. The van der Waals surface area contributed by atoms with Crippen molar-refractivity contribution in [1.29, 1.82) is 0 Å². The molecule has 7 atom stereocenters. The normalized spacial score (nSPS) is 27.2. The number of carbonyl (C=O) groups excluding carboxylic acids is 7. The molecule has 1 aliphatic heterocycles. The quantitative estimate of drug-likeness (QED) is 0.368. The molecule has 14 nitrogen and oxygen atoms in total. The topological polar surface area (TPSA) is 181 Å². The summed E-state index contributed by atoms with van der Waals surface area (Å²) < 4.78 is 11.1. The second-order valence-electron chi connectivity index (χ2n) is 15.0. The molecule has 0 radical (unpaired) electrons. The van der Waals surface area contributed by atoms with Crippen LogP contribution in [-0.2, 0) is 49.5 Å². The van der Waals surface area contributed by atoms with Crippen LogP contribution in [0.4, 0.5) is 0 Å². The molecule has 0 aliphatic carbocycles. The molecular formula is C40H61N5O9. The van der Waals surface area contributed by atoms with E-state index in [0.717, 1.165) is 5.56 Å². The number of amides is 5. The largest absolute Gasteiger partial charge is 0.464 e. The van der Waals surface area contributed by atoms with E-state index in [4.69, 9.17) is 9.47 Å². The van der Waals surface area contributed by atoms with Crippen molar-refractivity contribution >= 4 is 41.5 Å². The van der Waals surface area contributed by atoms with Crippen LogP contribution in [0.25, 0.3) is 0 Å². The van der Waals surface area contributed by atoms with Crippen LogP contribution in [0.5, 0.6) is 0 Å². The first-order chi connectivity index (χ1) is 25.4. The molecule has 1 aliphatic rings. The Labute approximate surface area is 320 Å². The third-order valence-corrected chi connectivity index (χ3v) is 9.55. The van der Waals surface area contributed by atoms with Gasteiger partial charge in [-0.3, -0.25) is 24.0 Å². The molecule has 300 valence electrons. The van der Waals surface area contributed by atoms with Crippen molar-refractivity contribution in [3.05, 3.63) is 47.5 Å². The molecule has 1 aromatic carbocycles. The van der Waals surface area contributed by atoms with E-state index in [1.54, 1.807) is 32.1 Å². The molecule has 0 saturated heterocycles. The first kappa shape index (κ1) is 45.4. The fourth-order valence-corrected chi connectivity index (χ4v) is 5.84. The molecule has 1 aromatic rings. The van der Waals surface area contributed by atoms with Crippen molar-refractivity contribution in [3.8, 4) is 0 Å². The van der Waals surface area contributed by atoms with Gasteiger partial charge >= 0.3 is 11.9 Å². The Morgan fingerprint density at radius 2 is 1.48 bits per heavy atom. The van der Waals surface area contributed by atoms with Crippen LogP contribution < -0.4 is 16.0 Å². The van der Waals surface area contributed by atoms with Crippen LogP contribution in [0.15, 0.2) is 42.0 Å². The highest BCUT2D eigenvalue weighted by Gasteiger charge is 2.35. The summed E-state index contributed by atoms with van der Waals surface area (Å²) in [5.74, 6) is -4.68. The molecule has 0 fully saturated rings. The van der Waals surface area contributed by atoms with Crippen LogP contribution in [-0.4, -0.2) is 109 Å². The van der Waals surface area contributed by atoms with Crippen molar-refractivity contribution in [1.82, 2.24) is 25.8 Å². The van der Waals surface area contributed by atoms with Gasteiger partial charge in [-0.05, 0) is 63.4 Å². The Morgan fingerprint density at radius 1 is 0.852 bits per heavy atom. The van der Waals surface area contributed by atoms with Crippen LogP contribution in [0.2, 0.25) is 0 Å². The lowest BCUT2D eigenvalue weighted by molar-refractivity contribution is -0.154. The Morgan fingerprint density at radius 3 is 2.09 bits per heavy atom. The van der Waals surface area contributed by atoms with Crippen LogP contribution in [0.1, 0.15) is 86.6 Å². The zero-order chi connectivity index (χ0) is 40.7. The van der Waals surface area contributed by atoms with Gasteiger partial charge in [0, 0.05) is 26.1 Å². The Kier molecular flexibility index (Phi) is 18.4. The molecule has 54 heavy (non-hydrogen) atoms. The summed E-state index contributed by atoms with van der Waals surface area (Å²) in [5, 5.41) is 8.05. The summed E-state index contributed by atoms with van der Waals surface area (Å²) in [6, 6.07) is 4.88. The van der Waals surface area contributed by atoms with Crippen molar-refractivity contribution in [2.45, 2.75) is 118 Å². The number of allylic oxidation sites excluding steroid dienone is 1. The number of carbonyl (C=O) groups is 7. The number of hydrogen-bond acceptors (Lipinski definition) is 9. The van der Waals surface area contributed by atoms with Gasteiger partial charge in [0.2, 0.25) is 23.6 Å². The van der Waals surface area contributed by atoms with E-state index in [1.807, 2.05) is 45.9 Å². The highest BCUT2D eigenvalue weighted by Crippen LogP contribution is 2.16. The van der Waals surface area contributed by atoms with Crippen molar-refractivity contribution < 1.29 is 43.0 Å². The Hall–Kier alpha value is -4.75. The fourth-order valence-electron chi connectivity index (χ4n) is 5.84. The van der Waals surface area contributed by atoms with Gasteiger partial charge in [0.1, 0.15) is 24.2 Å². The van der Waals surface area contributed by atoms with E-state index >= 15 is 0 Å². The standard InChI is InChI=1S/C40H61N5O9/c1-11-26(5)34-36(48)42-29(8)40(52)53-23-25(4)16-15-17-27(6)39(51)54-32(20-24(2)3)35(47)41-28(7)37(49)45(10)31(21-30-18-13-12-14-19-30)38(50)44(9)22-33(46)43-34/h12-14,17-19,24-26,28-29,31-32,34H,11,15-16,20-23H2,1-10H3,(H,41,47)(H,42,48)(H,43,46)/b27-17+/t25-,26?,28+,29-,31-,32-,34+/m1/s1. The van der Waals surface area contributed by atoms with Gasteiger partial charge < -0.3 is 35.2 Å². The van der Waals surface area contributed by atoms with Crippen molar-refractivity contribution in [3.63, 3.8) is 0 Å². The lowest BCUT2D eigenvalue weighted by Crippen LogP contribution is -2.57. The van der Waals surface area contributed by atoms with E-state index in [-0.39, 0.29) is 37.2 Å². The second-order valence-corrected chi connectivity index (χ2v) is 15.0. The Balaban J connectivity index is 2.49. The zero-order valence-corrected chi connectivity index (χ0v) is 33.6. The summed E-state index contributed by atoms with van der Waals surface area (Å²) in [6.07, 6.45) is 2.43. The van der Waals surface area contributed by atoms with Gasteiger partial charge in [0.25, 0.3) is 5.91 Å². The minimum Gasteiger partial charge on any atom is -0.464 e. The van der Waals surface area contributed by atoms with Crippen LogP contribution in [0.3, 0.4) is 0 Å². The average Bonchev–Trinajstić information content (AvgIpc) is 3.12. The second kappa shape index (κ2) is 21.8. The van der Waals surface area contributed by atoms with Crippen molar-refractivity contribution in [2.24, 2.45) is 17.8 Å². The number of nitrogens with one attached hydrogen (secondary N) is 3. The van der Waals surface area contributed by atoms with Crippen LogP contribution >= 0.6 is 0 Å². The van der Waals surface area contributed by atoms with Gasteiger partial charge in [-0.15, -0.1) is 0 Å². The molecule has 0 bridgehead atoms. The summed E-state index contributed by atoms with van der Waals surface area (Å²) >= 11 is 0. The number of esters is 2. The van der Waals surface area contributed by atoms with Gasteiger partial charge in [0.15, 0.2) is 6.10 Å². The van der Waals surface area contributed by atoms with Gasteiger partial charge in [-0.1, -0.05) is 77.4 Å². The summed E-state index contributed by atoms with van der Waals surface area (Å²) in [5.41, 5.74) is 1.06. The van der Waals surface area contributed by atoms with E-state index < -0.39 is 78.3 Å². The van der Waals surface area contributed by atoms with E-state index in [9.17, 15) is 33.6 Å². The molecular weight excluding hydrogens is 694 g/mol. The summed E-state index contributed by atoms with van der Waals surface area (Å²) in [4.78, 5) is 96.4. The molecule has 3 N–H and O–H groups in total. The molecule has 1 unspecified atom stereocenters. The average molecular weight is 756 g/mol. The monoisotopic (exact) mass is 755 g/mol. The SMILES string of the molecule is CCC(C)[C@@H]1NC(=O)CN(C)C(=O)[C@@H](Cc2ccccc2)N(C)C(=O)[C@H](C)NC(=O)[C@@H](CC(C)C)OC(=O)/C(C)=C/CC[C@@H](C)COC(=O)[C@@H](C)NC1=O. The number of likely N-dealkylation sites (N-methyl/N-ethyl adjacent to an activating group) is 2. The van der Waals surface area contributed by atoms with E-state index in [0.29, 0.717) is 24.8 Å². The fraction of sp³-hybridized carbons (Fsp3) is 0.625. The van der Waals surface area contributed by atoms with Crippen molar-refractivity contribution in [2.75, 3.05) is 27.2 Å². The Bertz CT molecular complexity index is 1500. The molecule has 0 spiro atoms. The highest BCUT2D eigenvalue weighted by atomic mass is 16.5. The van der Waals surface area contributed by atoms with Gasteiger partial charge in [-0.2, -0.15) is 0 Å². The lowest BCUT2D eigenvalue weighted by Gasteiger charge is -2.33. The van der Waals surface area contributed by atoms with Gasteiger partial charge in [-0.25, -0.2) is 9.59 Å². The zero-order valence-electron chi connectivity index (χ0n) is 33.6. The number of benzene rings is 1. The lowest BCUT2D eigenvalue weighted by atomic mass is 9.98. The molecule has 0 saturated carbocycles. The van der Waals surface area contributed by atoms with Gasteiger partial charge in [0.05, 0.1) is 13.2 Å². The van der Waals surface area contributed by atoms with Crippen LogP contribution in [0, 0.1) is 17.8 Å². The number of ether oxygens (including phenoxy) is 2. The molecule has 1 heterocycles. The highest BCUT2D eigenvalue weighted by molar-refractivity contribution is 5.96. The maximum Gasteiger partial charge on any atom is 0.334 e. The summed E-state index contributed by atoms with van der Waals surface area (Å²) in [7, 11) is 2.88. The minimum absolute atomic E-state index is 0.0208. The number of nitrogens with zero attached hydrogens (tertiary/aromatic N) is 2. The predicted molar refractivity (Wildman–Crippen MR) is 203 cm³/mol. The smallest absolute Gasteiger partial charge is 0.334 e. The summed E-state index contributed by atoms with van der Waals surface area (Å²) in [6.45, 7) is 13.5. The van der Waals surface area contributed by atoms with E-state index in [2.05, 4.69) is 16.0 Å². The first-order valence-electron chi connectivity index (χ1n) is 18.9. The van der Waals surface area contributed by atoms with E-state index in [1.165, 1.54) is 37.7 Å². The maximum absolute atomic E-state index is 14.0. The predicted octanol–water partition coefficient (Wildman–Crippen LogP) is 2.93. The molecule has 5 amide bonds. The maximum atomic E-state index is 14.0. The first-order valence-corrected chi connectivity index (χ1v) is 18.9. The number of cyclic esters (lactones) is 2.